The summed E-state index contributed by atoms with van der Waals surface area (Å²) in [5, 5.41) is 3.83. The first kappa shape index (κ1) is 35.1. The van der Waals surface area contributed by atoms with Gasteiger partial charge in [-0.2, -0.15) is 0 Å². The zero-order valence-corrected chi connectivity index (χ0v) is 25.9. The van der Waals surface area contributed by atoms with E-state index in [0.29, 0.717) is 56.2 Å². The van der Waals surface area contributed by atoms with Gasteiger partial charge in [0.1, 0.15) is 6.61 Å². The Kier molecular flexibility index (Phi) is 16.4. The number of halogens is 3. The summed E-state index contributed by atoms with van der Waals surface area (Å²) >= 11 is 12.2. The molecule has 1 aliphatic rings. The first-order valence-corrected chi connectivity index (χ1v) is 14.2. The molecule has 1 saturated heterocycles. The number of amides is 2. The Morgan fingerprint density at radius 1 is 1.00 bits per heavy atom. The molecule has 0 radical (unpaired) electrons. The average Bonchev–Trinajstić information content (AvgIpc) is 3.39. The standard InChI is InChI=1S/C29H39Cl2N3O6.ClH/c1-33(28(35)19-22-8-9-25(30)26(31)18-22)27(23-6-4-3-5-7-23)21-34-11-10-24(20-34)32-29(36)40-17-16-39-15-14-38-13-12-37-2;/h3-9,18,24,27H,10-17,19-21H2,1-2H3,(H,32,36);1H. The van der Waals surface area contributed by atoms with Crippen molar-refractivity contribution in [1.82, 2.24) is 15.1 Å². The lowest BCUT2D eigenvalue weighted by molar-refractivity contribution is -0.131. The van der Waals surface area contributed by atoms with E-state index in [4.69, 9.17) is 42.1 Å². The van der Waals surface area contributed by atoms with E-state index in [1.165, 1.54) is 0 Å². The van der Waals surface area contributed by atoms with E-state index in [1.54, 1.807) is 24.1 Å². The van der Waals surface area contributed by atoms with Crippen LogP contribution in [0.5, 0.6) is 0 Å². The number of nitrogens with one attached hydrogen (secondary N) is 1. The van der Waals surface area contributed by atoms with Gasteiger partial charge < -0.3 is 29.2 Å². The lowest BCUT2D eigenvalue weighted by atomic mass is 10.0. The minimum Gasteiger partial charge on any atom is -0.447 e. The average molecular weight is 633 g/mol. The molecule has 2 unspecified atom stereocenters. The number of carbonyl (C=O) groups is 2. The van der Waals surface area contributed by atoms with Crippen molar-refractivity contribution >= 4 is 47.6 Å². The van der Waals surface area contributed by atoms with E-state index in [0.717, 1.165) is 24.1 Å². The third-order valence-electron chi connectivity index (χ3n) is 6.67. The third kappa shape index (κ3) is 12.3. The quantitative estimate of drug-likeness (QED) is 0.270. The van der Waals surface area contributed by atoms with Crippen LogP contribution >= 0.6 is 35.6 Å². The molecule has 228 valence electrons. The maximum atomic E-state index is 13.3. The molecule has 41 heavy (non-hydrogen) atoms. The highest BCUT2D eigenvalue weighted by molar-refractivity contribution is 6.42. The van der Waals surface area contributed by atoms with Crippen molar-refractivity contribution in [3.63, 3.8) is 0 Å². The van der Waals surface area contributed by atoms with Crippen LogP contribution in [0.15, 0.2) is 48.5 Å². The Morgan fingerprint density at radius 2 is 1.68 bits per heavy atom. The van der Waals surface area contributed by atoms with Gasteiger partial charge in [-0.05, 0) is 29.7 Å². The maximum absolute atomic E-state index is 13.3. The second-order valence-electron chi connectivity index (χ2n) is 9.60. The monoisotopic (exact) mass is 631 g/mol. The van der Waals surface area contributed by atoms with Crippen molar-refractivity contribution < 1.29 is 28.5 Å². The van der Waals surface area contributed by atoms with Crippen LogP contribution in [0.2, 0.25) is 10.0 Å². The predicted octanol–water partition coefficient (Wildman–Crippen LogP) is 4.64. The van der Waals surface area contributed by atoms with Crippen LogP contribution in [0, 0.1) is 0 Å². The summed E-state index contributed by atoms with van der Waals surface area (Å²) < 4.78 is 20.9. The van der Waals surface area contributed by atoms with Gasteiger partial charge in [-0.25, -0.2) is 4.79 Å². The number of carbonyl (C=O) groups excluding carboxylic acids is 2. The largest absolute Gasteiger partial charge is 0.447 e. The van der Waals surface area contributed by atoms with Crippen molar-refractivity contribution in [1.29, 1.82) is 0 Å². The number of ether oxygens (including phenoxy) is 4. The van der Waals surface area contributed by atoms with Gasteiger partial charge in [0, 0.05) is 39.8 Å². The van der Waals surface area contributed by atoms with Crippen LogP contribution < -0.4 is 5.32 Å². The summed E-state index contributed by atoms with van der Waals surface area (Å²) in [4.78, 5) is 29.6. The minimum absolute atomic E-state index is 0. The molecule has 2 atom stereocenters. The van der Waals surface area contributed by atoms with Gasteiger partial charge in [-0.1, -0.05) is 59.6 Å². The fraction of sp³-hybridized carbons (Fsp3) is 0.517. The van der Waals surface area contributed by atoms with E-state index < -0.39 is 6.09 Å². The first-order chi connectivity index (χ1) is 19.4. The number of rotatable bonds is 16. The molecule has 3 rings (SSSR count). The molecular formula is C29H40Cl3N3O6. The normalized spacial score (nSPS) is 15.7. The summed E-state index contributed by atoms with van der Waals surface area (Å²) in [6.45, 7) is 4.55. The first-order valence-electron chi connectivity index (χ1n) is 13.4. The molecule has 2 aromatic rings. The number of benzene rings is 2. The molecule has 2 amide bonds. The van der Waals surface area contributed by atoms with Crippen molar-refractivity contribution in [2.24, 2.45) is 0 Å². The molecule has 0 saturated carbocycles. The van der Waals surface area contributed by atoms with Crippen LogP contribution in [-0.4, -0.2) is 101 Å². The third-order valence-corrected chi connectivity index (χ3v) is 7.41. The van der Waals surface area contributed by atoms with E-state index in [9.17, 15) is 9.59 Å². The number of methoxy groups -OCH3 is 1. The Balaban J connectivity index is 0.00000588. The molecule has 1 N–H and O–H groups in total. The van der Waals surface area contributed by atoms with Gasteiger partial charge in [-0.15, -0.1) is 12.4 Å². The number of alkyl carbamates (subject to hydrolysis) is 1. The number of likely N-dealkylation sites (tertiary alicyclic amines) is 1. The van der Waals surface area contributed by atoms with Gasteiger partial charge in [0.2, 0.25) is 5.91 Å². The second-order valence-corrected chi connectivity index (χ2v) is 10.4. The fourth-order valence-corrected chi connectivity index (χ4v) is 4.80. The molecule has 1 fully saturated rings. The Hall–Kier alpha value is -2.11. The summed E-state index contributed by atoms with van der Waals surface area (Å²) in [6.07, 6.45) is 0.560. The Bertz CT molecular complexity index is 1070. The fourth-order valence-electron chi connectivity index (χ4n) is 4.48. The SMILES string of the molecule is COCCOCCOCCOC(=O)NC1CCN(CC(c2ccccc2)N(C)C(=O)Cc2ccc(Cl)c(Cl)c2)C1.Cl. The van der Waals surface area contributed by atoms with Crippen LogP contribution in [0.25, 0.3) is 0 Å². The lowest BCUT2D eigenvalue weighted by Crippen LogP contribution is -2.41. The zero-order valence-electron chi connectivity index (χ0n) is 23.6. The molecule has 9 nitrogen and oxygen atoms in total. The summed E-state index contributed by atoms with van der Waals surface area (Å²) in [7, 11) is 3.45. The van der Waals surface area contributed by atoms with Crippen molar-refractivity contribution in [2.45, 2.75) is 24.9 Å². The minimum atomic E-state index is -0.458. The molecule has 2 aromatic carbocycles. The summed E-state index contributed by atoms with van der Waals surface area (Å²) in [6, 6.07) is 15.0. The number of hydrogen-bond acceptors (Lipinski definition) is 7. The highest BCUT2D eigenvalue weighted by Crippen LogP contribution is 2.26. The molecule has 1 aliphatic heterocycles. The van der Waals surface area contributed by atoms with Crippen molar-refractivity contribution in [3.05, 3.63) is 69.7 Å². The maximum Gasteiger partial charge on any atom is 0.407 e. The van der Waals surface area contributed by atoms with Crippen LogP contribution in [0.4, 0.5) is 4.79 Å². The van der Waals surface area contributed by atoms with Gasteiger partial charge in [0.15, 0.2) is 0 Å². The number of likely N-dealkylation sites (N-methyl/N-ethyl adjacent to an activating group) is 1. The van der Waals surface area contributed by atoms with Crippen molar-refractivity contribution in [3.8, 4) is 0 Å². The second kappa shape index (κ2) is 19.2. The Morgan fingerprint density at radius 3 is 2.37 bits per heavy atom. The predicted molar refractivity (Wildman–Crippen MR) is 162 cm³/mol. The smallest absolute Gasteiger partial charge is 0.407 e. The molecular weight excluding hydrogens is 593 g/mol. The van der Waals surface area contributed by atoms with Gasteiger partial charge in [0.05, 0.1) is 55.5 Å². The Labute approximate surface area is 258 Å². The highest BCUT2D eigenvalue weighted by atomic mass is 35.5. The molecule has 12 heteroatoms. The summed E-state index contributed by atoms with van der Waals surface area (Å²) in [5.74, 6) is -0.0200. The zero-order chi connectivity index (χ0) is 28.7. The molecule has 0 bridgehead atoms. The van der Waals surface area contributed by atoms with Gasteiger partial charge in [-0.3, -0.25) is 9.69 Å². The topological polar surface area (TPSA) is 89.6 Å². The van der Waals surface area contributed by atoms with E-state index in [2.05, 4.69) is 10.2 Å². The van der Waals surface area contributed by atoms with Gasteiger partial charge in [0.25, 0.3) is 0 Å². The van der Waals surface area contributed by atoms with Crippen LogP contribution in [0.1, 0.15) is 23.6 Å². The molecule has 0 aliphatic carbocycles. The van der Waals surface area contributed by atoms with E-state index >= 15 is 0 Å². The highest BCUT2D eigenvalue weighted by Gasteiger charge is 2.30. The molecule has 0 spiro atoms. The lowest BCUT2D eigenvalue weighted by Gasteiger charge is -2.32. The van der Waals surface area contributed by atoms with Gasteiger partial charge >= 0.3 is 6.09 Å². The molecule has 0 aromatic heterocycles. The number of hydrogen-bond donors (Lipinski definition) is 1. The molecule has 1 heterocycles. The van der Waals surface area contributed by atoms with Crippen LogP contribution in [0.3, 0.4) is 0 Å². The summed E-state index contributed by atoms with van der Waals surface area (Å²) in [5.41, 5.74) is 1.86. The van der Waals surface area contributed by atoms with Crippen LogP contribution in [-0.2, 0) is 30.2 Å². The number of nitrogens with zero attached hydrogens (tertiary/aromatic N) is 2. The van der Waals surface area contributed by atoms with E-state index in [1.807, 2.05) is 43.4 Å². The van der Waals surface area contributed by atoms with E-state index in [-0.39, 0.29) is 43.4 Å². The van der Waals surface area contributed by atoms with Crippen molar-refractivity contribution in [2.75, 3.05) is 73.4 Å².